The van der Waals surface area contributed by atoms with E-state index in [4.69, 9.17) is 9.47 Å². The zero-order valence-corrected chi connectivity index (χ0v) is 17.5. The number of ether oxygens (including phenoxy) is 2. The molecule has 0 atom stereocenters. The molecule has 0 heterocycles. The van der Waals surface area contributed by atoms with Gasteiger partial charge in [-0.15, -0.1) is 0 Å². The number of benzene rings is 2. The Hall–Kier alpha value is -3.35. The van der Waals surface area contributed by atoms with Crippen molar-refractivity contribution in [3.63, 3.8) is 0 Å². The smallest absolute Gasteiger partial charge is 0.277 e. The number of likely N-dealkylation sites (N-methyl/N-ethyl adjacent to an activating group) is 1. The van der Waals surface area contributed by atoms with E-state index in [1.165, 1.54) is 4.90 Å². The van der Waals surface area contributed by atoms with Gasteiger partial charge < -0.3 is 14.4 Å². The molecule has 7 heteroatoms. The normalized spacial score (nSPS) is 11.0. The lowest BCUT2D eigenvalue weighted by Crippen LogP contribution is -2.27. The minimum absolute atomic E-state index is 0.0179. The van der Waals surface area contributed by atoms with Crippen molar-refractivity contribution in [2.75, 3.05) is 27.3 Å². The van der Waals surface area contributed by atoms with Gasteiger partial charge in [0.05, 0.1) is 5.71 Å². The molecule has 29 heavy (non-hydrogen) atoms. The first kappa shape index (κ1) is 21.9. The number of rotatable bonds is 8. The third kappa shape index (κ3) is 7.29. The molecule has 0 aliphatic heterocycles. The van der Waals surface area contributed by atoms with Crippen LogP contribution >= 0.6 is 0 Å². The summed E-state index contributed by atoms with van der Waals surface area (Å²) in [4.78, 5) is 25.0. The Balaban J connectivity index is 1.85. The van der Waals surface area contributed by atoms with Crippen LogP contribution in [0.4, 0.5) is 0 Å². The summed E-state index contributed by atoms with van der Waals surface area (Å²) in [7, 11) is 3.35. The van der Waals surface area contributed by atoms with E-state index in [-0.39, 0.29) is 25.0 Å². The van der Waals surface area contributed by atoms with Gasteiger partial charge in [-0.1, -0.05) is 6.07 Å². The molecule has 0 bridgehead atoms. The molecule has 0 spiro atoms. The Morgan fingerprint density at radius 2 is 1.52 bits per heavy atom. The van der Waals surface area contributed by atoms with Crippen molar-refractivity contribution in [1.29, 1.82) is 0 Å². The summed E-state index contributed by atoms with van der Waals surface area (Å²) in [5, 5.41) is 4.10. The molecule has 1 N–H and O–H groups in total. The van der Waals surface area contributed by atoms with Crippen molar-refractivity contribution in [3.8, 4) is 11.5 Å². The van der Waals surface area contributed by atoms with E-state index >= 15 is 0 Å². The molecule has 0 radical (unpaired) electrons. The quantitative estimate of drug-likeness (QED) is 0.549. The fraction of sp³-hybridized carbons (Fsp3) is 0.318. The largest absolute Gasteiger partial charge is 0.484 e. The fourth-order valence-electron chi connectivity index (χ4n) is 2.47. The SMILES string of the molecule is C/C(=N/NC(=O)COc1cc(C)cc(C)c1)c1ccc(OCC(=O)N(C)C)cc1. The number of carbonyl (C=O) groups excluding carboxylic acids is 2. The van der Waals surface area contributed by atoms with Gasteiger partial charge in [-0.05, 0) is 73.9 Å². The average Bonchev–Trinajstić information content (AvgIpc) is 2.68. The second-order valence-corrected chi connectivity index (χ2v) is 6.95. The number of nitrogens with zero attached hydrogens (tertiary/aromatic N) is 2. The molecule has 2 aromatic rings. The first-order valence-corrected chi connectivity index (χ1v) is 9.22. The summed E-state index contributed by atoms with van der Waals surface area (Å²) in [6.45, 7) is 5.60. The minimum atomic E-state index is -0.342. The van der Waals surface area contributed by atoms with Crippen LogP contribution in [0, 0.1) is 13.8 Å². The third-order valence-corrected chi connectivity index (χ3v) is 4.05. The summed E-state index contributed by atoms with van der Waals surface area (Å²) >= 11 is 0. The van der Waals surface area contributed by atoms with Crippen LogP contribution < -0.4 is 14.9 Å². The Bertz CT molecular complexity index is 869. The Labute approximate surface area is 171 Å². The molecule has 0 aliphatic rings. The van der Waals surface area contributed by atoms with Gasteiger partial charge in [0.1, 0.15) is 11.5 Å². The topological polar surface area (TPSA) is 80.2 Å². The Kier molecular flexibility index (Phi) is 7.77. The zero-order chi connectivity index (χ0) is 21.4. The number of amides is 2. The maximum Gasteiger partial charge on any atom is 0.277 e. The molecular formula is C22H27N3O4. The minimum Gasteiger partial charge on any atom is -0.484 e. The van der Waals surface area contributed by atoms with E-state index in [0.29, 0.717) is 17.2 Å². The predicted octanol–water partition coefficient (Wildman–Crippen LogP) is 2.69. The van der Waals surface area contributed by atoms with Crippen molar-refractivity contribution in [2.45, 2.75) is 20.8 Å². The van der Waals surface area contributed by atoms with Crippen LogP contribution in [-0.2, 0) is 9.59 Å². The van der Waals surface area contributed by atoms with Crippen LogP contribution in [0.25, 0.3) is 0 Å². The molecule has 0 saturated heterocycles. The molecule has 154 valence electrons. The lowest BCUT2D eigenvalue weighted by Gasteiger charge is -2.11. The molecule has 2 amide bonds. The molecule has 7 nitrogen and oxygen atoms in total. The van der Waals surface area contributed by atoms with Gasteiger partial charge in [0.15, 0.2) is 13.2 Å². The van der Waals surface area contributed by atoms with Crippen molar-refractivity contribution in [1.82, 2.24) is 10.3 Å². The van der Waals surface area contributed by atoms with Crippen LogP contribution in [0.1, 0.15) is 23.6 Å². The number of aryl methyl sites for hydroxylation is 2. The van der Waals surface area contributed by atoms with E-state index in [1.54, 1.807) is 33.2 Å². The van der Waals surface area contributed by atoms with Crippen LogP contribution in [0.2, 0.25) is 0 Å². The van der Waals surface area contributed by atoms with E-state index in [2.05, 4.69) is 10.5 Å². The van der Waals surface area contributed by atoms with Crippen LogP contribution in [-0.4, -0.2) is 49.7 Å². The maximum atomic E-state index is 12.0. The Morgan fingerprint density at radius 1 is 0.931 bits per heavy atom. The number of nitrogens with one attached hydrogen (secondary N) is 1. The van der Waals surface area contributed by atoms with Gasteiger partial charge in [0.25, 0.3) is 11.8 Å². The second-order valence-electron chi connectivity index (χ2n) is 6.95. The standard InChI is InChI=1S/C22H27N3O4/c1-15-10-16(2)12-20(11-15)28-13-21(26)24-23-17(3)18-6-8-19(9-7-18)29-14-22(27)25(4)5/h6-12H,13-14H2,1-5H3,(H,24,26)/b23-17-. The summed E-state index contributed by atoms with van der Waals surface area (Å²) in [5.74, 6) is 0.785. The molecule has 0 aliphatic carbocycles. The highest BCUT2D eigenvalue weighted by molar-refractivity contribution is 5.99. The number of hydrogen-bond acceptors (Lipinski definition) is 5. The molecule has 0 unspecified atom stereocenters. The second kappa shape index (κ2) is 10.3. The van der Waals surface area contributed by atoms with Gasteiger partial charge in [-0.25, -0.2) is 5.43 Å². The fourth-order valence-corrected chi connectivity index (χ4v) is 2.47. The summed E-state index contributed by atoms with van der Waals surface area (Å²) in [6.07, 6.45) is 0. The maximum absolute atomic E-state index is 12.0. The average molecular weight is 397 g/mol. The highest BCUT2D eigenvalue weighted by Gasteiger charge is 2.06. The van der Waals surface area contributed by atoms with Crippen LogP contribution in [0.15, 0.2) is 47.6 Å². The van der Waals surface area contributed by atoms with E-state index < -0.39 is 0 Å². The van der Waals surface area contributed by atoms with E-state index in [1.807, 2.05) is 44.2 Å². The first-order valence-electron chi connectivity index (χ1n) is 9.22. The molecular weight excluding hydrogens is 370 g/mol. The van der Waals surface area contributed by atoms with Gasteiger partial charge in [-0.2, -0.15) is 5.10 Å². The highest BCUT2D eigenvalue weighted by atomic mass is 16.5. The summed E-state index contributed by atoms with van der Waals surface area (Å²) in [6, 6.07) is 12.9. The van der Waals surface area contributed by atoms with Crippen molar-refractivity contribution >= 4 is 17.5 Å². The predicted molar refractivity (Wildman–Crippen MR) is 112 cm³/mol. The first-order chi connectivity index (χ1) is 13.7. The molecule has 2 aromatic carbocycles. The van der Waals surface area contributed by atoms with Crippen LogP contribution in [0.3, 0.4) is 0 Å². The molecule has 0 saturated carbocycles. The van der Waals surface area contributed by atoms with Crippen LogP contribution in [0.5, 0.6) is 11.5 Å². The van der Waals surface area contributed by atoms with Gasteiger partial charge in [0, 0.05) is 14.1 Å². The lowest BCUT2D eigenvalue weighted by molar-refractivity contribution is -0.130. The molecule has 0 aromatic heterocycles. The number of carbonyl (C=O) groups is 2. The zero-order valence-electron chi connectivity index (χ0n) is 17.5. The van der Waals surface area contributed by atoms with Crippen molar-refractivity contribution < 1.29 is 19.1 Å². The monoisotopic (exact) mass is 397 g/mol. The lowest BCUT2D eigenvalue weighted by atomic mass is 10.1. The van der Waals surface area contributed by atoms with Crippen molar-refractivity contribution in [2.24, 2.45) is 5.10 Å². The summed E-state index contributed by atoms with van der Waals surface area (Å²) < 4.78 is 11.0. The highest BCUT2D eigenvalue weighted by Crippen LogP contribution is 2.16. The summed E-state index contributed by atoms with van der Waals surface area (Å²) in [5.41, 5.74) is 6.11. The van der Waals surface area contributed by atoms with Gasteiger partial charge in [0.2, 0.25) is 0 Å². The molecule has 0 fully saturated rings. The van der Waals surface area contributed by atoms with Gasteiger partial charge in [-0.3, -0.25) is 9.59 Å². The number of hydrogen-bond donors (Lipinski definition) is 1. The van der Waals surface area contributed by atoms with E-state index in [0.717, 1.165) is 16.7 Å². The van der Waals surface area contributed by atoms with Gasteiger partial charge >= 0.3 is 0 Å². The molecule has 2 rings (SSSR count). The van der Waals surface area contributed by atoms with E-state index in [9.17, 15) is 9.59 Å². The number of hydrazone groups is 1. The Morgan fingerprint density at radius 3 is 2.10 bits per heavy atom. The van der Waals surface area contributed by atoms with Crippen molar-refractivity contribution in [3.05, 3.63) is 59.2 Å². The third-order valence-electron chi connectivity index (χ3n) is 4.05.